The first-order valence-corrected chi connectivity index (χ1v) is 11.4. The zero-order valence-electron chi connectivity index (χ0n) is 17.4. The zero-order valence-corrected chi connectivity index (χ0v) is 18.3. The SMILES string of the molecule is CCCC=CCOc1ccc(-c2ccc(-c3nnc(CCCCC)s3)cc2)cc1. The monoisotopic (exact) mass is 406 g/mol. The van der Waals surface area contributed by atoms with E-state index in [0.29, 0.717) is 6.61 Å². The van der Waals surface area contributed by atoms with E-state index < -0.39 is 0 Å². The zero-order chi connectivity index (χ0) is 20.3. The fraction of sp³-hybridized carbons (Fsp3) is 0.360. The average molecular weight is 407 g/mol. The van der Waals surface area contributed by atoms with Crippen LogP contribution in [-0.4, -0.2) is 16.8 Å². The molecule has 4 heteroatoms. The maximum Gasteiger partial charge on any atom is 0.147 e. The molecular weight excluding hydrogens is 376 g/mol. The first-order valence-electron chi connectivity index (χ1n) is 10.6. The summed E-state index contributed by atoms with van der Waals surface area (Å²) in [7, 11) is 0. The number of aromatic nitrogens is 2. The lowest BCUT2D eigenvalue weighted by atomic mass is 10.0. The highest BCUT2D eigenvalue weighted by Crippen LogP contribution is 2.28. The summed E-state index contributed by atoms with van der Waals surface area (Å²) in [6.07, 6.45) is 11.2. The van der Waals surface area contributed by atoms with E-state index in [0.717, 1.165) is 34.2 Å². The van der Waals surface area contributed by atoms with Crippen LogP contribution in [0, 0.1) is 0 Å². The molecule has 152 valence electrons. The number of aryl methyl sites for hydroxylation is 1. The van der Waals surface area contributed by atoms with Crippen molar-refractivity contribution >= 4 is 11.3 Å². The third-order valence-electron chi connectivity index (χ3n) is 4.75. The summed E-state index contributed by atoms with van der Waals surface area (Å²) < 4.78 is 5.76. The molecule has 0 fully saturated rings. The van der Waals surface area contributed by atoms with E-state index in [1.807, 2.05) is 12.1 Å². The number of unbranched alkanes of at least 4 members (excludes halogenated alkanes) is 3. The van der Waals surface area contributed by atoms with E-state index in [9.17, 15) is 0 Å². The number of hydrogen-bond acceptors (Lipinski definition) is 4. The van der Waals surface area contributed by atoms with E-state index in [1.54, 1.807) is 11.3 Å². The predicted molar refractivity (Wildman–Crippen MR) is 124 cm³/mol. The Balaban J connectivity index is 1.58. The molecule has 1 heterocycles. The molecule has 0 saturated carbocycles. The fourth-order valence-electron chi connectivity index (χ4n) is 3.04. The minimum absolute atomic E-state index is 0.621. The third-order valence-corrected chi connectivity index (χ3v) is 5.78. The summed E-state index contributed by atoms with van der Waals surface area (Å²) in [6, 6.07) is 16.8. The summed E-state index contributed by atoms with van der Waals surface area (Å²) >= 11 is 1.71. The summed E-state index contributed by atoms with van der Waals surface area (Å²) in [5, 5.41) is 10.9. The van der Waals surface area contributed by atoms with Gasteiger partial charge in [-0.05, 0) is 36.1 Å². The van der Waals surface area contributed by atoms with Gasteiger partial charge in [0.2, 0.25) is 0 Å². The molecule has 3 rings (SSSR count). The number of benzene rings is 2. The van der Waals surface area contributed by atoms with Crippen LogP contribution in [0.1, 0.15) is 51.0 Å². The highest BCUT2D eigenvalue weighted by molar-refractivity contribution is 7.14. The van der Waals surface area contributed by atoms with Crippen LogP contribution in [0.3, 0.4) is 0 Å². The molecule has 0 N–H and O–H groups in total. The second-order valence-electron chi connectivity index (χ2n) is 7.13. The largest absolute Gasteiger partial charge is 0.490 e. The molecule has 1 aromatic heterocycles. The van der Waals surface area contributed by atoms with Gasteiger partial charge >= 0.3 is 0 Å². The molecule has 2 aromatic carbocycles. The van der Waals surface area contributed by atoms with Crippen molar-refractivity contribution in [3.8, 4) is 27.4 Å². The van der Waals surface area contributed by atoms with Gasteiger partial charge in [0.25, 0.3) is 0 Å². The Morgan fingerprint density at radius 1 is 0.793 bits per heavy atom. The summed E-state index contributed by atoms with van der Waals surface area (Å²) in [5.41, 5.74) is 3.51. The van der Waals surface area contributed by atoms with Crippen LogP contribution in [0.4, 0.5) is 0 Å². The molecule has 0 spiro atoms. The molecule has 0 unspecified atom stereocenters. The highest BCUT2D eigenvalue weighted by atomic mass is 32.1. The van der Waals surface area contributed by atoms with Crippen LogP contribution in [0.5, 0.6) is 5.75 Å². The van der Waals surface area contributed by atoms with Crippen LogP contribution in [0.2, 0.25) is 0 Å². The van der Waals surface area contributed by atoms with Gasteiger partial charge in [-0.1, -0.05) is 93.0 Å². The highest BCUT2D eigenvalue weighted by Gasteiger charge is 2.07. The lowest BCUT2D eigenvalue weighted by molar-refractivity contribution is 0.362. The second-order valence-corrected chi connectivity index (χ2v) is 8.19. The first-order chi connectivity index (χ1) is 14.3. The topological polar surface area (TPSA) is 35.0 Å². The molecule has 29 heavy (non-hydrogen) atoms. The average Bonchev–Trinajstić information content (AvgIpc) is 3.23. The Morgan fingerprint density at radius 3 is 2.17 bits per heavy atom. The van der Waals surface area contributed by atoms with Crippen LogP contribution in [-0.2, 0) is 6.42 Å². The predicted octanol–water partition coefficient (Wildman–Crippen LogP) is 7.34. The molecule has 0 aliphatic carbocycles. The van der Waals surface area contributed by atoms with Crippen molar-refractivity contribution in [1.82, 2.24) is 10.2 Å². The van der Waals surface area contributed by atoms with E-state index >= 15 is 0 Å². The normalized spacial score (nSPS) is 11.2. The number of nitrogens with zero attached hydrogens (tertiary/aromatic N) is 2. The van der Waals surface area contributed by atoms with Gasteiger partial charge in [0.15, 0.2) is 0 Å². The molecular formula is C25H30N2OS. The first kappa shape index (κ1) is 21.3. The van der Waals surface area contributed by atoms with E-state index in [1.165, 1.54) is 36.8 Å². The van der Waals surface area contributed by atoms with Gasteiger partial charge in [0.05, 0.1) is 0 Å². The lowest BCUT2D eigenvalue weighted by Crippen LogP contribution is -1.93. The van der Waals surface area contributed by atoms with Crippen LogP contribution in [0.15, 0.2) is 60.7 Å². The maximum atomic E-state index is 5.76. The minimum atomic E-state index is 0.621. The smallest absolute Gasteiger partial charge is 0.147 e. The summed E-state index contributed by atoms with van der Waals surface area (Å²) in [4.78, 5) is 0. The Kier molecular flexibility index (Phi) is 8.44. The van der Waals surface area contributed by atoms with E-state index in [-0.39, 0.29) is 0 Å². The number of hydrogen-bond donors (Lipinski definition) is 0. The fourth-order valence-corrected chi connectivity index (χ4v) is 3.93. The van der Waals surface area contributed by atoms with E-state index in [4.69, 9.17) is 4.74 Å². The molecule has 0 atom stereocenters. The Labute approximate surface area is 178 Å². The van der Waals surface area contributed by atoms with Crippen molar-refractivity contribution in [2.24, 2.45) is 0 Å². The van der Waals surface area contributed by atoms with Gasteiger partial charge in [-0.3, -0.25) is 0 Å². The van der Waals surface area contributed by atoms with Crippen molar-refractivity contribution in [2.45, 2.75) is 52.4 Å². The number of rotatable bonds is 11. The Bertz CT molecular complexity index is 882. The Hall–Kier alpha value is -2.46. The second kappa shape index (κ2) is 11.5. The molecule has 3 nitrogen and oxygen atoms in total. The molecule has 0 aliphatic heterocycles. The number of allylic oxidation sites excluding steroid dienone is 1. The van der Waals surface area contributed by atoms with Crippen molar-refractivity contribution in [3.63, 3.8) is 0 Å². The summed E-state index contributed by atoms with van der Waals surface area (Å²) in [6.45, 7) is 5.02. The van der Waals surface area contributed by atoms with Crippen molar-refractivity contribution in [1.29, 1.82) is 0 Å². The molecule has 0 aliphatic rings. The standard InChI is InChI=1S/C25H30N2OS/c1-3-5-7-9-19-28-23-17-15-21(16-18-23)20-11-13-22(14-12-20)25-27-26-24(29-25)10-8-6-4-2/h7,9,11-18H,3-6,8,10,19H2,1-2H3. The number of ether oxygens (including phenoxy) is 1. The van der Waals surface area contributed by atoms with Gasteiger partial charge in [-0.15, -0.1) is 10.2 Å². The molecule has 0 bridgehead atoms. The third kappa shape index (κ3) is 6.53. The lowest BCUT2D eigenvalue weighted by Gasteiger charge is -2.06. The molecule has 0 amide bonds. The van der Waals surface area contributed by atoms with Crippen molar-refractivity contribution < 1.29 is 4.74 Å². The van der Waals surface area contributed by atoms with Crippen LogP contribution >= 0.6 is 11.3 Å². The molecule has 3 aromatic rings. The molecule has 0 saturated heterocycles. The van der Waals surface area contributed by atoms with Crippen LogP contribution < -0.4 is 4.74 Å². The van der Waals surface area contributed by atoms with E-state index in [2.05, 4.69) is 72.6 Å². The van der Waals surface area contributed by atoms with Gasteiger partial charge in [-0.25, -0.2) is 0 Å². The van der Waals surface area contributed by atoms with Gasteiger partial charge < -0.3 is 4.74 Å². The van der Waals surface area contributed by atoms with Gasteiger partial charge in [0, 0.05) is 12.0 Å². The maximum absolute atomic E-state index is 5.76. The summed E-state index contributed by atoms with van der Waals surface area (Å²) in [5.74, 6) is 0.899. The van der Waals surface area contributed by atoms with Gasteiger partial charge in [-0.2, -0.15) is 0 Å². The minimum Gasteiger partial charge on any atom is -0.490 e. The molecule has 0 radical (unpaired) electrons. The van der Waals surface area contributed by atoms with Crippen LogP contribution in [0.25, 0.3) is 21.7 Å². The van der Waals surface area contributed by atoms with Crippen molar-refractivity contribution in [3.05, 3.63) is 65.7 Å². The van der Waals surface area contributed by atoms with Gasteiger partial charge in [0.1, 0.15) is 22.4 Å². The van der Waals surface area contributed by atoms with Crippen molar-refractivity contribution in [2.75, 3.05) is 6.61 Å². The quantitative estimate of drug-likeness (QED) is 0.247. The Morgan fingerprint density at radius 2 is 1.48 bits per heavy atom.